The van der Waals surface area contributed by atoms with Crippen LogP contribution in [0, 0.1) is 0 Å². The zero-order chi connectivity index (χ0) is 16.5. The molecule has 0 aliphatic carbocycles. The Bertz CT molecular complexity index is 639. The van der Waals surface area contributed by atoms with Gasteiger partial charge in [0.15, 0.2) is 0 Å². The Morgan fingerprint density at radius 3 is 2.09 bits per heavy atom. The highest BCUT2D eigenvalue weighted by Gasteiger charge is 2.03. The van der Waals surface area contributed by atoms with Crippen molar-refractivity contribution in [3.05, 3.63) is 60.2 Å². The van der Waals surface area contributed by atoms with Crippen LogP contribution in [0.3, 0.4) is 0 Å². The van der Waals surface area contributed by atoms with Crippen molar-refractivity contribution in [2.75, 3.05) is 17.2 Å². The molecule has 0 bridgehead atoms. The van der Waals surface area contributed by atoms with Crippen molar-refractivity contribution in [2.45, 2.75) is 19.8 Å². The highest BCUT2D eigenvalue weighted by atomic mass is 16.2. The second kappa shape index (κ2) is 8.58. The summed E-state index contributed by atoms with van der Waals surface area (Å²) in [6, 6.07) is 16.8. The number of benzene rings is 2. The summed E-state index contributed by atoms with van der Waals surface area (Å²) in [5.41, 5.74) is 2.58. The molecule has 3 amide bonds. The summed E-state index contributed by atoms with van der Waals surface area (Å²) < 4.78 is 0. The van der Waals surface area contributed by atoms with E-state index in [1.54, 1.807) is 31.2 Å². The van der Waals surface area contributed by atoms with Gasteiger partial charge in [-0.3, -0.25) is 4.79 Å². The monoisotopic (exact) mass is 311 g/mol. The molecule has 0 unspecified atom stereocenters. The number of hydrogen-bond donors (Lipinski definition) is 3. The van der Waals surface area contributed by atoms with Crippen LogP contribution in [0.25, 0.3) is 0 Å². The van der Waals surface area contributed by atoms with Gasteiger partial charge in [0, 0.05) is 24.3 Å². The topological polar surface area (TPSA) is 70.2 Å². The van der Waals surface area contributed by atoms with Crippen LogP contribution in [0.4, 0.5) is 16.2 Å². The van der Waals surface area contributed by atoms with Crippen molar-refractivity contribution >= 4 is 23.3 Å². The molecular formula is C18H21N3O2. The average molecular weight is 311 g/mol. The lowest BCUT2D eigenvalue weighted by Gasteiger charge is -2.09. The van der Waals surface area contributed by atoms with E-state index in [0.717, 1.165) is 6.42 Å². The van der Waals surface area contributed by atoms with Gasteiger partial charge in [0.25, 0.3) is 0 Å². The van der Waals surface area contributed by atoms with E-state index in [-0.39, 0.29) is 11.9 Å². The number of anilines is 2. The van der Waals surface area contributed by atoms with Gasteiger partial charge in [-0.1, -0.05) is 37.3 Å². The predicted octanol–water partition coefficient (Wildman–Crippen LogP) is 3.40. The fraction of sp³-hybridized carbons (Fsp3) is 0.222. The summed E-state index contributed by atoms with van der Waals surface area (Å²) >= 11 is 0. The van der Waals surface area contributed by atoms with E-state index >= 15 is 0 Å². The van der Waals surface area contributed by atoms with Gasteiger partial charge in [-0.15, -0.1) is 0 Å². The third-order valence-corrected chi connectivity index (χ3v) is 3.29. The lowest BCUT2D eigenvalue weighted by Crippen LogP contribution is -2.30. The van der Waals surface area contributed by atoms with Gasteiger partial charge < -0.3 is 16.0 Å². The first-order valence-electron chi connectivity index (χ1n) is 7.66. The molecule has 2 aromatic rings. The molecule has 0 heterocycles. The predicted molar refractivity (Wildman–Crippen MR) is 92.5 cm³/mol. The van der Waals surface area contributed by atoms with Crippen molar-refractivity contribution in [2.24, 2.45) is 0 Å². The van der Waals surface area contributed by atoms with E-state index in [1.807, 2.05) is 30.3 Å². The molecule has 3 N–H and O–H groups in total. The second-order valence-electron chi connectivity index (χ2n) is 5.10. The Hall–Kier alpha value is -2.82. The largest absolute Gasteiger partial charge is 0.338 e. The molecule has 2 aromatic carbocycles. The molecule has 2 rings (SSSR count). The van der Waals surface area contributed by atoms with Crippen LogP contribution in [0.1, 0.15) is 18.9 Å². The van der Waals surface area contributed by atoms with Gasteiger partial charge in [0.2, 0.25) is 5.91 Å². The van der Waals surface area contributed by atoms with Crippen molar-refractivity contribution in [1.29, 1.82) is 0 Å². The third-order valence-electron chi connectivity index (χ3n) is 3.29. The smallest absolute Gasteiger partial charge is 0.319 e. The Morgan fingerprint density at radius 1 is 0.870 bits per heavy atom. The molecule has 0 aromatic heterocycles. The van der Waals surface area contributed by atoms with E-state index in [9.17, 15) is 9.59 Å². The van der Waals surface area contributed by atoms with Crippen LogP contribution in [0.15, 0.2) is 54.6 Å². The number of nitrogens with one attached hydrogen (secondary N) is 3. The maximum absolute atomic E-state index is 11.8. The SMILES string of the molecule is CCC(=O)Nc1ccc(NC(=O)NCCc2ccccc2)cc1. The van der Waals surface area contributed by atoms with Crippen molar-refractivity contribution < 1.29 is 9.59 Å². The lowest BCUT2D eigenvalue weighted by molar-refractivity contribution is -0.115. The maximum Gasteiger partial charge on any atom is 0.319 e. The normalized spacial score (nSPS) is 9.96. The van der Waals surface area contributed by atoms with Crippen LogP contribution in [-0.4, -0.2) is 18.5 Å². The zero-order valence-corrected chi connectivity index (χ0v) is 13.1. The molecule has 0 saturated heterocycles. The minimum atomic E-state index is -0.244. The summed E-state index contributed by atoms with van der Waals surface area (Å²) in [4.78, 5) is 23.1. The highest BCUT2D eigenvalue weighted by Crippen LogP contribution is 2.13. The molecule has 5 heteroatoms. The molecular weight excluding hydrogens is 290 g/mol. The molecule has 0 atom stereocenters. The maximum atomic E-state index is 11.8. The van der Waals surface area contributed by atoms with Gasteiger partial charge in [-0.2, -0.15) is 0 Å². The second-order valence-corrected chi connectivity index (χ2v) is 5.10. The van der Waals surface area contributed by atoms with Crippen LogP contribution in [0.5, 0.6) is 0 Å². The first-order valence-corrected chi connectivity index (χ1v) is 7.66. The van der Waals surface area contributed by atoms with Gasteiger partial charge >= 0.3 is 6.03 Å². The summed E-state index contributed by atoms with van der Waals surface area (Å²) in [5, 5.41) is 8.33. The third kappa shape index (κ3) is 5.82. The minimum Gasteiger partial charge on any atom is -0.338 e. The highest BCUT2D eigenvalue weighted by molar-refractivity contribution is 5.92. The van der Waals surface area contributed by atoms with E-state index in [2.05, 4.69) is 16.0 Å². The Kier molecular flexibility index (Phi) is 6.17. The van der Waals surface area contributed by atoms with Crippen LogP contribution in [0.2, 0.25) is 0 Å². The molecule has 0 aliphatic heterocycles. The number of rotatable bonds is 6. The van der Waals surface area contributed by atoms with Gasteiger partial charge in [-0.25, -0.2) is 4.79 Å². The number of amides is 3. The van der Waals surface area contributed by atoms with Crippen LogP contribution >= 0.6 is 0 Å². The van der Waals surface area contributed by atoms with E-state index in [1.165, 1.54) is 5.56 Å². The first-order chi connectivity index (χ1) is 11.2. The summed E-state index contributed by atoms with van der Waals surface area (Å²) in [6.45, 7) is 2.37. The summed E-state index contributed by atoms with van der Waals surface area (Å²) in [5.74, 6) is -0.0376. The zero-order valence-electron chi connectivity index (χ0n) is 13.1. The molecule has 0 fully saturated rings. The fourth-order valence-corrected chi connectivity index (χ4v) is 2.03. The standard InChI is InChI=1S/C18H21N3O2/c1-2-17(22)20-15-8-10-16(11-9-15)21-18(23)19-13-12-14-6-4-3-5-7-14/h3-11H,2,12-13H2,1H3,(H,20,22)(H2,19,21,23). The van der Waals surface area contributed by atoms with Gasteiger partial charge in [-0.05, 0) is 36.2 Å². The Balaban J connectivity index is 1.75. The van der Waals surface area contributed by atoms with Crippen molar-refractivity contribution in [3.8, 4) is 0 Å². The molecule has 0 radical (unpaired) electrons. The molecule has 0 spiro atoms. The van der Waals surface area contributed by atoms with E-state index in [0.29, 0.717) is 24.3 Å². The van der Waals surface area contributed by atoms with Crippen LogP contribution < -0.4 is 16.0 Å². The van der Waals surface area contributed by atoms with Gasteiger partial charge in [0.1, 0.15) is 0 Å². The molecule has 23 heavy (non-hydrogen) atoms. The summed E-state index contributed by atoms with van der Waals surface area (Å²) in [7, 11) is 0. The first kappa shape index (κ1) is 16.5. The van der Waals surface area contributed by atoms with E-state index < -0.39 is 0 Å². The summed E-state index contributed by atoms with van der Waals surface area (Å²) in [6.07, 6.45) is 1.22. The molecule has 0 aliphatic rings. The van der Waals surface area contributed by atoms with Crippen LogP contribution in [-0.2, 0) is 11.2 Å². The Labute approximate surface area is 136 Å². The van der Waals surface area contributed by atoms with Gasteiger partial charge in [0.05, 0.1) is 0 Å². The number of carbonyl (C=O) groups is 2. The number of hydrogen-bond acceptors (Lipinski definition) is 2. The molecule has 120 valence electrons. The minimum absolute atomic E-state index is 0.0376. The lowest BCUT2D eigenvalue weighted by atomic mass is 10.1. The quantitative estimate of drug-likeness (QED) is 0.765. The molecule has 0 saturated carbocycles. The Morgan fingerprint density at radius 2 is 1.48 bits per heavy atom. The number of carbonyl (C=O) groups excluding carboxylic acids is 2. The molecule has 5 nitrogen and oxygen atoms in total. The van der Waals surface area contributed by atoms with Crippen molar-refractivity contribution in [3.63, 3.8) is 0 Å². The fourth-order valence-electron chi connectivity index (χ4n) is 2.03. The average Bonchev–Trinajstić information content (AvgIpc) is 2.57. The number of urea groups is 1. The van der Waals surface area contributed by atoms with Crippen molar-refractivity contribution in [1.82, 2.24) is 5.32 Å². The van der Waals surface area contributed by atoms with E-state index in [4.69, 9.17) is 0 Å².